The molecule has 0 spiro atoms. The van der Waals surface area contributed by atoms with Gasteiger partial charge in [0.15, 0.2) is 0 Å². The SMILES string of the molecule is CN(C)CCN(CC(=O)I)C(=O)CNI. The van der Waals surface area contributed by atoms with Crippen LogP contribution in [0, 0.1) is 0 Å². The summed E-state index contributed by atoms with van der Waals surface area (Å²) in [6.07, 6.45) is 0. The van der Waals surface area contributed by atoms with Crippen molar-refractivity contribution in [3.8, 4) is 0 Å². The lowest BCUT2D eigenvalue weighted by molar-refractivity contribution is -0.132. The Morgan fingerprint density at radius 3 is 2.27 bits per heavy atom. The second-order valence-electron chi connectivity index (χ2n) is 3.28. The first kappa shape index (κ1) is 15.5. The van der Waals surface area contributed by atoms with Crippen LogP contribution in [0.1, 0.15) is 0 Å². The summed E-state index contributed by atoms with van der Waals surface area (Å²) in [4.78, 5) is 26.1. The maximum absolute atomic E-state index is 11.6. The molecule has 0 saturated heterocycles. The summed E-state index contributed by atoms with van der Waals surface area (Å²) < 4.78 is 2.74. The molecule has 0 fully saturated rings. The quantitative estimate of drug-likeness (QED) is 0.352. The minimum Gasteiger partial charge on any atom is -0.332 e. The Balaban J connectivity index is 4.17. The molecule has 0 unspecified atom stereocenters. The molecule has 1 amide bonds. The summed E-state index contributed by atoms with van der Waals surface area (Å²) in [7, 11) is 3.87. The molecule has 1 N–H and O–H groups in total. The number of likely N-dealkylation sites (N-methyl/N-ethyl adjacent to an activating group) is 1. The van der Waals surface area contributed by atoms with E-state index in [2.05, 4.69) is 3.53 Å². The zero-order chi connectivity index (χ0) is 11.8. The van der Waals surface area contributed by atoms with E-state index in [1.165, 1.54) is 0 Å². The molecule has 0 aliphatic carbocycles. The van der Waals surface area contributed by atoms with Crippen LogP contribution in [0.25, 0.3) is 0 Å². The van der Waals surface area contributed by atoms with Crippen molar-refractivity contribution in [1.82, 2.24) is 13.3 Å². The first-order chi connectivity index (χ1) is 6.97. The van der Waals surface area contributed by atoms with E-state index in [0.717, 1.165) is 6.54 Å². The summed E-state index contributed by atoms with van der Waals surface area (Å²) >= 11 is 3.62. The highest BCUT2D eigenvalue weighted by Crippen LogP contribution is 1.96. The zero-order valence-electron chi connectivity index (χ0n) is 8.80. The Morgan fingerprint density at radius 2 is 1.87 bits per heavy atom. The van der Waals surface area contributed by atoms with Gasteiger partial charge in [0.1, 0.15) is 0 Å². The van der Waals surface area contributed by atoms with Gasteiger partial charge in [-0.2, -0.15) is 0 Å². The average molecular weight is 439 g/mol. The van der Waals surface area contributed by atoms with E-state index < -0.39 is 0 Å². The van der Waals surface area contributed by atoms with Gasteiger partial charge < -0.3 is 9.80 Å². The number of halogens is 2. The predicted octanol–water partition coefficient (Wildman–Crippen LogP) is 0.278. The lowest BCUT2D eigenvalue weighted by Gasteiger charge is -2.22. The Hall–Kier alpha value is 0.520. The highest BCUT2D eigenvalue weighted by Gasteiger charge is 2.14. The maximum Gasteiger partial charge on any atom is 0.237 e. The summed E-state index contributed by atoms with van der Waals surface area (Å²) in [5, 5.41) is 0. The third kappa shape index (κ3) is 8.34. The van der Waals surface area contributed by atoms with Crippen LogP contribution in [0.4, 0.5) is 0 Å². The minimum atomic E-state index is -0.0451. The monoisotopic (exact) mass is 439 g/mol. The van der Waals surface area contributed by atoms with Crippen molar-refractivity contribution in [3.63, 3.8) is 0 Å². The number of carbonyl (C=O) groups excluding carboxylic acids is 2. The van der Waals surface area contributed by atoms with E-state index >= 15 is 0 Å². The average Bonchev–Trinajstić information content (AvgIpc) is 2.11. The van der Waals surface area contributed by atoms with Crippen LogP contribution in [0.3, 0.4) is 0 Å². The summed E-state index contributed by atoms with van der Waals surface area (Å²) in [6.45, 7) is 1.79. The number of rotatable bonds is 7. The Labute approximate surface area is 118 Å². The van der Waals surface area contributed by atoms with Crippen molar-refractivity contribution in [3.05, 3.63) is 0 Å². The molecule has 0 aliphatic rings. The van der Waals surface area contributed by atoms with Crippen LogP contribution in [-0.4, -0.2) is 59.8 Å². The highest BCUT2D eigenvalue weighted by atomic mass is 127. The smallest absolute Gasteiger partial charge is 0.237 e. The standard InChI is InChI=1S/C8H15I2N3O2/c1-12(2)3-4-13(6-7(9)14)8(15)5-11-10/h11H,3-6H2,1-2H3. The lowest BCUT2D eigenvalue weighted by Crippen LogP contribution is -2.42. The molecule has 0 saturated carbocycles. The van der Waals surface area contributed by atoms with Gasteiger partial charge in [0, 0.05) is 58.5 Å². The van der Waals surface area contributed by atoms with E-state index in [1.807, 2.05) is 41.9 Å². The molecular formula is C8H15I2N3O2. The normalized spacial score (nSPS) is 10.5. The number of hydrogen-bond acceptors (Lipinski definition) is 4. The van der Waals surface area contributed by atoms with Crippen LogP contribution >= 0.6 is 45.5 Å². The van der Waals surface area contributed by atoms with Gasteiger partial charge in [0.25, 0.3) is 0 Å². The number of hydrogen-bond donors (Lipinski definition) is 1. The van der Waals surface area contributed by atoms with Gasteiger partial charge in [0.2, 0.25) is 9.70 Å². The van der Waals surface area contributed by atoms with Crippen molar-refractivity contribution in [2.45, 2.75) is 0 Å². The van der Waals surface area contributed by atoms with Crippen LogP contribution in [0.5, 0.6) is 0 Å². The summed E-state index contributed by atoms with van der Waals surface area (Å²) in [5.74, 6) is -0.0451. The fourth-order valence-electron chi connectivity index (χ4n) is 0.932. The molecule has 0 aromatic rings. The van der Waals surface area contributed by atoms with Crippen LogP contribution in [0.15, 0.2) is 0 Å². The van der Waals surface area contributed by atoms with Gasteiger partial charge in [-0.1, -0.05) is 0 Å². The molecule has 15 heavy (non-hydrogen) atoms. The molecule has 5 nitrogen and oxygen atoms in total. The van der Waals surface area contributed by atoms with Crippen LogP contribution in [0.2, 0.25) is 0 Å². The molecule has 0 atom stereocenters. The second-order valence-corrected chi connectivity index (χ2v) is 5.25. The Kier molecular flexibility index (Phi) is 8.95. The molecule has 0 heterocycles. The molecule has 0 radical (unpaired) electrons. The number of nitrogens with one attached hydrogen (secondary N) is 1. The number of amides is 1. The van der Waals surface area contributed by atoms with E-state index in [9.17, 15) is 9.59 Å². The third-order valence-corrected chi connectivity index (χ3v) is 2.43. The van der Waals surface area contributed by atoms with Crippen LogP contribution < -0.4 is 3.53 Å². The van der Waals surface area contributed by atoms with Gasteiger partial charge in [-0.25, -0.2) is 0 Å². The second kappa shape index (κ2) is 8.65. The fraction of sp³-hybridized carbons (Fsp3) is 0.750. The number of nitrogens with zero attached hydrogens (tertiary/aromatic N) is 2. The number of carbonyl (C=O) groups is 2. The van der Waals surface area contributed by atoms with Gasteiger partial charge in [-0.05, 0) is 14.1 Å². The molecule has 0 aromatic carbocycles. The molecule has 0 aromatic heterocycles. The third-order valence-electron chi connectivity index (χ3n) is 1.70. The first-order valence-electron chi connectivity index (χ1n) is 4.41. The van der Waals surface area contributed by atoms with Gasteiger partial charge in [-0.15, -0.1) is 0 Å². The molecule has 0 aliphatic heterocycles. The van der Waals surface area contributed by atoms with Gasteiger partial charge in [0.05, 0.1) is 13.1 Å². The van der Waals surface area contributed by atoms with Crippen molar-refractivity contribution < 1.29 is 9.59 Å². The van der Waals surface area contributed by atoms with E-state index in [4.69, 9.17) is 0 Å². The highest BCUT2D eigenvalue weighted by molar-refractivity contribution is 14.1. The molecule has 0 rings (SSSR count). The molecular weight excluding hydrogens is 424 g/mol. The zero-order valence-corrected chi connectivity index (χ0v) is 13.1. The van der Waals surface area contributed by atoms with Crippen molar-refractivity contribution >= 4 is 55.2 Å². The molecule has 0 bridgehead atoms. The molecule has 7 heteroatoms. The van der Waals surface area contributed by atoms with Gasteiger partial charge in [-0.3, -0.25) is 13.1 Å². The van der Waals surface area contributed by atoms with E-state index in [-0.39, 0.29) is 22.8 Å². The predicted molar refractivity (Wildman–Crippen MR) is 76.2 cm³/mol. The lowest BCUT2D eigenvalue weighted by atomic mass is 10.4. The maximum atomic E-state index is 11.6. The fourth-order valence-corrected chi connectivity index (χ4v) is 1.67. The first-order valence-corrected chi connectivity index (χ1v) is 6.57. The topological polar surface area (TPSA) is 52.7 Å². The summed E-state index contributed by atoms with van der Waals surface area (Å²) in [5.41, 5.74) is 0. The van der Waals surface area contributed by atoms with Gasteiger partial charge >= 0.3 is 0 Å². The minimum absolute atomic E-state index is 0.0202. The van der Waals surface area contributed by atoms with E-state index in [1.54, 1.807) is 27.5 Å². The van der Waals surface area contributed by atoms with E-state index in [0.29, 0.717) is 6.54 Å². The summed E-state index contributed by atoms with van der Waals surface area (Å²) in [6, 6.07) is 0. The van der Waals surface area contributed by atoms with Crippen LogP contribution in [-0.2, 0) is 9.59 Å². The Bertz CT molecular complexity index is 224. The largest absolute Gasteiger partial charge is 0.332 e. The Morgan fingerprint density at radius 1 is 1.27 bits per heavy atom. The van der Waals surface area contributed by atoms with Crippen molar-refractivity contribution in [2.75, 3.05) is 40.3 Å². The molecule has 88 valence electrons. The van der Waals surface area contributed by atoms with Crippen molar-refractivity contribution in [2.24, 2.45) is 0 Å². The van der Waals surface area contributed by atoms with Crippen molar-refractivity contribution in [1.29, 1.82) is 0 Å².